The number of hydrogen-bond donors (Lipinski definition) is 2. The van der Waals surface area contributed by atoms with Crippen molar-refractivity contribution in [1.29, 1.82) is 0 Å². The van der Waals surface area contributed by atoms with Crippen molar-refractivity contribution in [1.82, 2.24) is 20.4 Å². The summed E-state index contributed by atoms with van der Waals surface area (Å²) in [4.78, 5) is 38.4. The molecule has 0 saturated carbocycles. The molecule has 0 aromatic heterocycles. The first kappa shape index (κ1) is 33.0. The fourth-order valence-corrected chi connectivity index (χ4v) is 2.85. The summed E-state index contributed by atoms with van der Waals surface area (Å²) in [5, 5.41) is 6.76. The van der Waals surface area contributed by atoms with Crippen LogP contribution in [0.25, 0.3) is 0 Å². The van der Waals surface area contributed by atoms with Crippen LogP contribution in [0.3, 0.4) is 0 Å². The smallest absolute Gasteiger partial charge is 0.334 e. The van der Waals surface area contributed by atoms with Gasteiger partial charge in [0.05, 0.1) is 19.1 Å². The molecule has 0 aromatic rings. The molecule has 35 heavy (non-hydrogen) atoms. The summed E-state index contributed by atoms with van der Waals surface area (Å²) in [5.41, 5.74) is -0.406. The number of carbonyl (C=O) groups is 3. The highest BCUT2D eigenvalue weighted by Crippen LogP contribution is 2.13. The highest BCUT2D eigenvalue weighted by atomic mass is 16.6. The summed E-state index contributed by atoms with van der Waals surface area (Å²) in [7, 11) is 1.40. The van der Waals surface area contributed by atoms with Crippen LogP contribution >= 0.6 is 0 Å². The molecule has 0 aliphatic carbocycles. The molecule has 1 heterocycles. The third-order valence-electron chi connectivity index (χ3n) is 4.72. The van der Waals surface area contributed by atoms with Gasteiger partial charge in [0.25, 0.3) is 0 Å². The quantitative estimate of drug-likeness (QED) is 0.327. The van der Waals surface area contributed by atoms with Crippen molar-refractivity contribution in [3.05, 3.63) is 12.2 Å². The van der Waals surface area contributed by atoms with Gasteiger partial charge in [0.2, 0.25) is 0 Å². The second-order valence-electron chi connectivity index (χ2n) is 10.6. The maximum Gasteiger partial charge on any atom is 0.334 e. The average molecular weight is 501 g/mol. The van der Waals surface area contributed by atoms with Crippen molar-refractivity contribution in [2.45, 2.75) is 54.1 Å². The third kappa shape index (κ3) is 18.0. The van der Waals surface area contributed by atoms with Crippen LogP contribution in [-0.2, 0) is 28.6 Å². The fraction of sp³-hybridized carbons (Fsp3) is 0.800. The van der Waals surface area contributed by atoms with Crippen molar-refractivity contribution in [2.24, 2.45) is 5.41 Å². The molecular formula is C25H48N4O6. The summed E-state index contributed by atoms with van der Waals surface area (Å²) in [5.74, 6) is -0.725. The Bertz CT molecular complexity index is 656. The monoisotopic (exact) mass is 500 g/mol. The molecule has 0 radical (unpaired) electrons. The Labute approximate surface area is 211 Å². The molecule has 0 spiro atoms. The van der Waals surface area contributed by atoms with E-state index in [2.05, 4.69) is 31.7 Å². The van der Waals surface area contributed by atoms with Gasteiger partial charge in [0.1, 0.15) is 12.3 Å². The molecule has 1 saturated heterocycles. The maximum absolute atomic E-state index is 12.1. The molecule has 1 rings (SSSR count). The van der Waals surface area contributed by atoms with E-state index in [4.69, 9.17) is 9.47 Å². The van der Waals surface area contributed by atoms with E-state index in [1.165, 1.54) is 7.11 Å². The van der Waals surface area contributed by atoms with Gasteiger partial charge in [-0.1, -0.05) is 6.58 Å². The van der Waals surface area contributed by atoms with Gasteiger partial charge in [-0.15, -0.1) is 0 Å². The Morgan fingerprint density at radius 2 is 1.31 bits per heavy atom. The molecule has 204 valence electrons. The molecular weight excluding hydrogens is 452 g/mol. The van der Waals surface area contributed by atoms with Crippen LogP contribution in [0.2, 0.25) is 0 Å². The van der Waals surface area contributed by atoms with E-state index in [9.17, 15) is 14.4 Å². The molecule has 0 bridgehead atoms. The summed E-state index contributed by atoms with van der Waals surface area (Å²) >= 11 is 0. The average Bonchev–Trinajstić information content (AvgIpc) is 2.72. The summed E-state index contributed by atoms with van der Waals surface area (Å²) in [6, 6.07) is 0. The fourth-order valence-electron chi connectivity index (χ4n) is 2.85. The SMILES string of the molecule is C=C(C)C(=O)OCN1CCNCCN(CC(=O)OC(C)(C)C)CCNCC1.COC(=O)C(C)(C)C. The van der Waals surface area contributed by atoms with E-state index in [0.29, 0.717) is 12.1 Å². The lowest BCUT2D eigenvalue weighted by molar-refractivity contribution is -0.156. The number of nitrogens with one attached hydrogen (secondary N) is 2. The number of nitrogens with zero attached hydrogens (tertiary/aromatic N) is 2. The summed E-state index contributed by atoms with van der Waals surface area (Å²) in [6.45, 7) is 23.1. The zero-order valence-corrected chi connectivity index (χ0v) is 23.1. The van der Waals surface area contributed by atoms with E-state index in [0.717, 1.165) is 52.4 Å². The van der Waals surface area contributed by atoms with Crippen LogP contribution < -0.4 is 10.6 Å². The van der Waals surface area contributed by atoms with E-state index in [1.807, 2.05) is 41.5 Å². The number of hydrogen-bond acceptors (Lipinski definition) is 10. The number of methoxy groups -OCH3 is 1. The lowest BCUT2D eigenvalue weighted by atomic mass is 9.98. The Kier molecular flexibility index (Phi) is 15.7. The Balaban J connectivity index is 0.00000124. The summed E-state index contributed by atoms with van der Waals surface area (Å²) < 4.78 is 15.1. The standard InChI is InChI=1S/C19H36N4O4.C6H12O2/c1-16(2)18(25)26-15-23-12-8-20-6-10-22(11-7-21-9-13-23)14-17(24)27-19(3,4)5;1-6(2,3)5(7)8-4/h20-21H,1,6-15H2,2-5H3;1-4H3. The molecule has 0 aromatic carbocycles. The molecule has 1 aliphatic heterocycles. The lowest BCUT2D eigenvalue weighted by Crippen LogP contribution is -2.45. The van der Waals surface area contributed by atoms with Crippen LogP contribution in [0.15, 0.2) is 12.2 Å². The van der Waals surface area contributed by atoms with Gasteiger partial charge in [0, 0.05) is 57.9 Å². The van der Waals surface area contributed by atoms with Crippen LogP contribution in [-0.4, -0.2) is 106 Å². The highest BCUT2D eigenvalue weighted by molar-refractivity contribution is 5.86. The Morgan fingerprint density at radius 1 is 0.857 bits per heavy atom. The molecule has 10 nitrogen and oxygen atoms in total. The van der Waals surface area contributed by atoms with Crippen LogP contribution in [0, 0.1) is 5.41 Å². The van der Waals surface area contributed by atoms with Crippen LogP contribution in [0.1, 0.15) is 48.5 Å². The van der Waals surface area contributed by atoms with Gasteiger partial charge in [-0.3, -0.25) is 19.4 Å². The van der Waals surface area contributed by atoms with E-state index < -0.39 is 5.60 Å². The molecule has 1 aliphatic rings. The van der Waals surface area contributed by atoms with Crippen molar-refractivity contribution < 1.29 is 28.6 Å². The van der Waals surface area contributed by atoms with E-state index in [-0.39, 0.29) is 30.1 Å². The Morgan fingerprint density at radius 3 is 1.66 bits per heavy atom. The van der Waals surface area contributed by atoms with Gasteiger partial charge in [-0.2, -0.15) is 0 Å². The number of esters is 3. The van der Waals surface area contributed by atoms with Gasteiger partial charge >= 0.3 is 17.9 Å². The first-order valence-corrected chi connectivity index (χ1v) is 12.1. The van der Waals surface area contributed by atoms with Gasteiger partial charge in [-0.05, 0) is 48.5 Å². The maximum atomic E-state index is 12.1. The predicted octanol–water partition coefficient (Wildman–Crippen LogP) is 1.41. The second-order valence-corrected chi connectivity index (χ2v) is 10.6. The molecule has 0 atom stereocenters. The molecule has 0 unspecified atom stereocenters. The van der Waals surface area contributed by atoms with Crippen LogP contribution in [0.4, 0.5) is 0 Å². The van der Waals surface area contributed by atoms with E-state index >= 15 is 0 Å². The molecule has 2 N–H and O–H groups in total. The van der Waals surface area contributed by atoms with Crippen molar-refractivity contribution in [2.75, 3.05) is 72.7 Å². The molecule has 1 fully saturated rings. The zero-order chi connectivity index (χ0) is 27.1. The van der Waals surface area contributed by atoms with Gasteiger partial charge < -0.3 is 24.8 Å². The van der Waals surface area contributed by atoms with Crippen molar-refractivity contribution in [3.63, 3.8) is 0 Å². The van der Waals surface area contributed by atoms with Crippen LogP contribution in [0.5, 0.6) is 0 Å². The van der Waals surface area contributed by atoms with Gasteiger partial charge in [0.15, 0.2) is 0 Å². The number of carbonyl (C=O) groups excluding carboxylic acids is 3. The number of ether oxygens (including phenoxy) is 3. The first-order chi connectivity index (χ1) is 16.2. The van der Waals surface area contributed by atoms with E-state index in [1.54, 1.807) is 6.92 Å². The minimum Gasteiger partial charge on any atom is -0.469 e. The molecule has 10 heteroatoms. The normalized spacial score (nSPS) is 17.0. The zero-order valence-electron chi connectivity index (χ0n) is 23.1. The van der Waals surface area contributed by atoms with Gasteiger partial charge in [-0.25, -0.2) is 4.79 Å². The second kappa shape index (κ2) is 16.6. The summed E-state index contributed by atoms with van der Waals surface area (Å²) in [6.07, 6.45) is 0. The van der Waals surface area contributed by atoms with Crippen molar-refractivity contribution in [3.8, 4) is 0 Å². The first-order valence-electron chi connectivity index (χ1n) is 12.1. The lowest BCUT2D eigenvalue weighted by Gasteiger charge is -2.27. The molecule has 0 amide bonds. The Hall–Kier alpha value is -2.01. The highest BCUT2D eigenvalue weighted by Gasteiger charge is 2.21. The minimum atomic E-state index is -0.461. The van der Waals surface area contributed by atoms with Crippen molar-refractivity contribution >= 4 is 17.9 Å². The largest absolute Gasteiger partial charge is 0.469 e. The topological polar surface area (TPSA) is 109 Å². The minimum absolute atomic E-state index is 0.169. The number of rotatable bonds is 5. The third-order valence-corrected chi connectivity index (χ3v) is 4.72. The predicted molar refractivity (Wildman–Crippen MR) is 137 cm³/mol.